The second kappa shape index (κ2) is 15.4. The third kappa shape index (κ3) is 7.09. The van der Waals surface area contributed by atoms with E-state index in [9.17, 15) is 0 Å². The molecule has 0 bridgehead atoms. The Morgan fingerprint density at radius 2 is 1.22 bits per heavy atom. The Hall–Kier alpha value is -5.94. The summed E-state index contributed by atoms with van der Waals surface area (Å²) in [4.78, 5) is 0. The van der Waals surface area contributed by atoms with Crippen LogP contribution >= 0.6 is 8.24 Å². The number of rotatable bonds is 5. The number of benzene rings is 7. The molecule has 0 fully saturated rings. The van der Waals surface area contributed by atoms with Crippen molar-refractivity contribution in [2.75, 3.05) is 14.2 Å². The molecule has 7 aromatic carbocycles. The van der Waals surface area contributed by atoms with E-state index in [1.54, 1.807) is 14.2 Å². The lowest BCUT2D eigenvalue weighted by Crippen LogP contribution is -2.12. The lowest BCUT2D eigenvalue weighted by Gasteiger charge is -2.30. The molecule has 2 aliphatic rings. The van der Waals surface area contributed by atoms with Gasteiger partial charge in [-0.3, -0.25) is 0 Å². The van der Waals surface area contributed by atoms with Gasteiger partial charge in [0.05, 0.1) is 26.9 Å². The molecule has 10 rings (SSSR count). The molecule has 0 saturated carbocycles. The molecule has 0 amide bonds. The second-order valence-electron chi connectivity index (χ2n) is 19.3. The van der Waals surface area contributed by atoms with E-state index < -0.39 is 8.24 Å². The van der Waals surface area contributed by atoms with Gasteiger partial charge in [-0.25, -0.2) is 0 Å². The smallest absolute Gasteiger partial charge is 0.453 e. The highest BCUT2D eigenvalue weighted by molar-refractivity contribution is 7.32. The van der Waals surface area contributed by atoms with Crippen LogP contribution in [-0.2, 0) is 35.0 Å². The first-order valence-corrected chi connectivity index (χ1v) is 23.1. The van der Waals surface area contributed by atoms with Gasteiger partial charge in [-0.1, -0.05) is 126 Å². The van der Waals surface area contributed by atoms with Crippen LogP contribution in [0.2, 0.25) is 0 Å². The molecule has 0 saturated heterocycles. The molecule has 0 N–H and O–H groups in total. The van der Waals surface area contributed by atoms with Crippen molar-refractivity contribution in [2.24, 2.45) is 0 Å². The van der Waals surface area contributed by atoms with E-state index in [4.69, 9.17) is 27.1 Å². The van der Waals surface area contributed by atoms with Gasteiger partial charge in [0, 0.05) is 33.0 Å². The van der Waals surface area contributed by atoms with Gasteiger partial charge >= 0.3 is 8.24 Å². The first kappa shape index (κ1) is 41.1. The van der Waals surface area contributed by atoms with Crippen molar-refractivity contribution in [3.8, 4) is 50.6 Å². The highest BCUT2D eigenvalue weighted by Gasteiger charge is 2.34. The summed E-state index contributed by atoms with van der Waals surface area (Å²) >= 11 is 0. The standard InChI is InChI=1S/C56H55O6P/c1-32-18-20-35(21-19-32)42-26-37-25-24-36-23-22-34-14-11-12-16-41(34)49(36)51(37)52-48(42)33(2)59-31-38-15-13-17-47(50(38)52)60-63-61-53-43(27-39(57-9)29-45(53)55(3,4)5)44-28-40(58-10)30-46(54(44)62-63)56(6,7)8/h11-23,26-30,33H,24-25,31H2,1-10H3/t33-/m0/s1. The maximum atomic E-state index is 7.37. The monoisotopic (exact) mass is 854 g/mol. The molecule has 1 aliphatic carbocycles. The first-order chi connectivity index (χ1) is 30.2. The van der Waals surface area contributed by atoms with E-state index >= 15 is 0 Å². The van der Waals surface area contributed by atoms with E-state index in [0.29, 0.717) is 23.5 Å². The predicted molar refractivity (Wildman–Crippen MR) is 258 cm³/mol. The number of fused-ring (bicyclic) bond motifs is 12. The Morgan fingerprint density at radius 3 is 1.86 bits per heavy atom. The Kier molecular flexibility index (Phi) is 10.0. The van der Waals surface area contributed by atoms with Gasteiger partial charge in [0.25, 0.3) is 0 Å². The van der Waals surface area contributed by atoms with E-state index in [2.05, 4.69) is 152 Å². The molecule has 320 valence electrons. The summed E-state index contributed by atoms with van der Waals surface area (Å²) in [5, 5.41) is 4.21. The van der Waals surface area contributed by atoms with Crippen molar-refractivity contribution in [3.63, 3.8) is 0 Å². The zero-order valence-corrected chi connectivity index (χ0v) is 38.9. The number of aryl methyl sites for hydroxylation is 3. The van der Waals surface area contributed by atoms with Gasteiger partial charge in [-0.2, -0.15) is 0 Å². The van der Waals surface area contributed by atoms with Gasteiger partial charge in [0.1, 0.15) is 28.4 Å². The molecule has 7 heteroatoms. The van der Waals surface area contributed by atoms with Crippen LogP contribution in [0.4, 0.5) is 0 Å². The van der Waals surface area contributed by atoms with E-state index in [0.717, 1.165) is 68.5 Å². The number of hydrogen-bond donors (Lipinski definition) is 0. The number of ether oxygens (including phenoxy) is 3. The fraction of sp³-hybridized carbons (Fsp3) is 0.286. The SMILES string of the molecule is COc1cc(C(C)(C)C)c2op(Oc3cccc4c3-c3c5c(cc(-c6ccc(C)cc6)c3[C@H](C)OC4)CCc3ccc4ccccc4c3-5)oc3c(C(C)(C)C)cc(OC)cc3c2c1. The van der Waals surface area contributed by atoms with Crippen molar-refractivity contribution in [3.05, 3.63) is 148 Å². The van der Waals surface area contributed by atoms with Crippen molar-refractivity contribution in [2.45, 2.75) is 91.8 Å². The average molecular weight is 855 g/mol. The van der Waals surface area contributed by atoms with Crippen LogP contribution in [0.3, 0.4) is 0 Å². The van der Waals surface area contributed by atoms with Crippen LogP contribution in [0.25, 0.3) is 66.1 Å². The fourth-order valence-corrected chi connectivity index (χ4v) is 10.9. The van der Waals surface area contributed by atoms with Crippen LogP contribution in [-0.4, -0.2) is 14.2 Å². The third-order valence-corrected chi connectivity index (χ3v) is 14.0. The van der Waals surface area contributed by atoms with Crippen molar-refractivity contribution < 1.29 is 27.1 Å². The predicted octanol–water partition coefficient (Wildman–Crippen LogP) is 15.9. The molecule has 0 unspecified atom stereocenters. The van der Waals surface area contributed by atoms with E-state index in [-0.39, 0.29) is 16.9 Å². The third-order valence-electron chi connectivity index (χ3n) is 13.0. The highest BCUT2D eigenvalue weighted by atomic mass is 31.1. The fourth-order valence-electron chi connectivity index (χ4n) is 9.77. The summed E-state index contributed by atoms with van der Waals surface area (Å²) in [6, 6.07) is 39.3. The number of methoxy groups -OCH3 is 2. The topological polar surface area (TPSA) is 63.2 Å². The molecule has 8 aromatic rings. The van der Waals surface area contributed by atoms with Crippen molar-refractivity contribution >= 4 is 41.0 Å². The Balaban J connectivity index is 1.32. The van der Waals surface area contributed by atoms with Crippen LogP contribution in [0.15, 0.2) is 118 Å². The largest absolute Gasteiger partial charge is 0.497 e. The molecule has 1 aromatic heterocycles. The first-order valence-electron chi connectivity index (χ1n) is 22.0. The zero-order chi connectivity index (χ0) is 43.9. The Bertz CT molecular complexity index is 3080. The lowest BCUT2D eigenvalue weighted by molar-refractivity contribution is 0.0554. The second-order valence-corrected chi connectivity index (χ2v) is 20.3. The molecule has 1 atom stereocenters. The summed E-state index contributed by atoms with van der Waals surface area (Å²) < 4.78 is 40.5. The normalized spacial score (nSPS) is 14.7. The number of hydrogen-bond acceptors (Lipinski definition) is 6. The van der Waals surface area contributed by atoms with E-state index in [1.165, 1.54) is 49.7 Å². The molecule has 6 nitrogen and oxygen atoms in total. The maximum absolute atomic E-state index is 7.37. The lowest BCUT2D eigenvalue weighted by atomic mass is 9.74. The Labute approximate surface area is 371 Å². The molecular formula is C56H55O6P. The molecule has 0 radical (unpaired) electrons. The minimum atomic E-state index is -2.10. The summed E-state index contributed by atoms with van der Waals surface area (Å²) in [6.07, 6.45) is 1.67. The average Bonchev–Trinajstić information content (AvgIpc) is 3.52. The minimum absolute atomic E-state index is 0.217. The maximum Gasteiger partial charge on any atom is 0.453 e. The summed E-state index contributed by atoms with van der Waals surface area (Å²) in [5.74, 6) is 2.16. The highest BCUT2D eigenvalue weighted by Crippen LogP contribution is 2.56. The van der Waals surface area contributed by atoms with Gasteiger partial charge in [0.2, 0.25) is 0 Å². The summed E-state index contributed by atoms with van der Waals surface area (Å²) in [5.41, 5.74) is 16.0. The zero-order valence-electron chi connectivity index (χ0n) is 38.0. The van der Waals surface area contributed by atoms with Gasteiger partial charge in [-0.05, 0) is 123 Å². The van der Waals surface area contributed by atoms with Gasteiger partial charge < -0.3 is 27.1 Å². The summed E-state index contributed by atoms with van der Waals surface area (Å²) in [7, 11) is 1.32. The molecule has 2 heterocycles. The van der Waals surface area contributed by atoms with Crippen molar-refractivity contribution in [1.29, 1.82) is 0 Å². The van der Waals surface area contributed by atoms with E-state index in [1.807, 2.05) is 12.1 Å². The van der Waals surface area contributed by atoms with Gasteiger partial charge in [-0.15, -0.1) is 0 Å². The Morgan fingerprint density at radius 1 is 0.587 bits per heavy atom. The molecule has 63 heavy (non-hydrogen) atoms. The van der Waals surface area contributed by atoms with Crippen molar-refractivity contribution in [1.82, 2.24) is 0 Å². The molecule has 1 aliphatic heterocycles. The minimum Gasteiger partial charge on any atom is -0.497 e. The molecular weight excluding hydrogens is 800 g/mol. The van der Waals surface area contributed by atoms with Crippen LogP contribution in [0.1, 0.15) is 93.5 Å². The van der Waals surface area contributed by atoms with Crippen LogP contribution < -0.4 is 14.0 Å². The van der Waals surface area contributed by atoms with Gasteiger partial charge in [0.15, 0.2) is 0 Å². The van der Waals surface area contributed by atoms with Crippen LogP contribution in [0.5, 0.6) is 17.2 Å². The quantitative estimate of drug-likeness (QED) is 0.172. The molecule has 0 spiro atoms. The van der Waals surface area contributed by atoms with Crippen LogP contribution in [0, 0.1) is 6.92 Å². The summed E-state index contributed by atoms with van der Waals surface area (Å²) in [6.45, 7) is 17.9.